The van der Waals surface area contributed by atoms with Crippen LogP contribution in [0.5, 0.6) is 11.5 Å². The number of guanidine groups is 1. The van der Waals surface area contributed by atoms with Gasteiger partial charge in [-0.25, -0.2) is 13.4 Å². The van der Waals surface area contributed by atoms with Crippen LogP contribution in [0.3, 0.4) is 0 Å². The molecule has 2 N–H and O–H groups in total. The van der Waals surface area contributed by atoms with Crippen molar-refractivity contribution >= 4 is 15.8 Å². The number of aliphatic imine (C=N–C) groups is 1. The van der Waals surface area contributed by atoms with Crippen LogP contribution < -0.4 is 20.1 Å². The van der Waals surface area contributed by atoms with Crippen molar-refractivity contribution in [1.82, 2.24) is 10.6 Å². The number of nitrogens with zero attached hydrogens (tertiary/aromatic N) is 1. The first kappa shape index (κ1) is 18.4. The van der Waals surface area contributed by atoms with Gasteiger partial charge in [-0.1, -0.05) is 0 Å². The number of hydrogen-bond donors (Lipinski definition) is 2. The van der Waals surface area contributed by atoms with Gasteiger partial charge in [0, 0.05) is 24.2 Å². The maximum atomic E-state index is 11.6. The first-order valence-corrected chi connectivity index (χ1v) is 9.75. The second-order valence-electron chi connectivity index (χ2n) is 5.62. The molecular formula is C16H25N3O4S. The van der Waals surface area contributed by atoms with E-state index in [-0.39, 0.29) is 17.5 Å². The molecule has 1 aromatic rings. The van der Waals surface area contributed by atoms with Crippen molar-refractivity contribution in [2.45, 2.75) is 25.9 Å². The SMILES string of the molecule is CCNC(=NCc1ccc(OC)cc1OC)NC1CCS(=O)(=O)C1. The fourth-order valence-electron chi connectivity index (χ4n) is 2.57. The molecule has 1 unspecified atom stereocenters. The van der Waals surface area contributed by atoms with Gasteiger partial charge in [0.1, 0.15) is 11.5 Å². The van der Waals surface area contributed by atoms with Gasteiger partial charge in [-0.05, 0) is 25.5 Å². The van der Waals surface area contributed by atoms with Crippen molar-refractivity contribution in [1.29, 1.82) is 0 Å². The highest BCUT2D eigenvalue weighted by molar-refractivity contribution is 7.91. The van der Waals surface area contributed by atoms with Gasteiger partial charge >= 0.3 is 0 Å². The van der Waals surface area contributed by atoms with Crippen molar-refractivity contribution in [3.63, 3.8) is 0 Å². The number of methoxy groups -OCH3 is 2. The Morgan fingerprint density at radius 2 is 2.12 bits per heavy atom. The molecule has 1 aromatic carbocycles. The van der Waals surface area contributed by atoms with Crippen LogP contribution in [0.15, 0.2) is 23.2 Å². The van der Waals surface area contributed by atoms with Crippen LogP contribution in [0.4, 0.5) is 0 Å². The van der Waals surface area contributed by atoms with Gasteiger partial charge < -0.3 is 20.1 Å². The monoisotopic (exact) mass is 355 g/mol. The summed E-state index contributed by atoms with van der Waals surface area (Å²) in [6, 6.07) is 5.49. The Balaban J connectivity index is 2.08. The van der Waals surface area contributed by atoms with Crippen molar-refractivity contribution in [3.05, 3.63) is 23.8 Å². The zero-order valence-electron chi connectivity index (χ0n) is 14.3. The topological polar surface area (TPSA) is 89.0 Å². The molecule has 1 saturated heterocycles. The minimum absolute atomic E-state index is 0.0921. The van der Waals surface area contributed by atoms with E-state index < -0.39 is 9.84 Å². The number of hydrogen-bond acceptors (Lipinski definition) is 5. The van der Waals surface area contributed by atoms with Crippen LogP contribution in [0.2, 0.25) is 0 Å². The molecule has 1 heterocycles. The smallest absolute Gasteiger partial charge is 0.191 e. The highest BCUT2D eigenvalue weighted by Gasteiger charge is 2.28. The molecule has 0 amide bonds. The van der Waals surface area contributed by atoms with Crippen LogP contribution in [-0.4, -0.2) is 52.7 Å². The average molecular weight is 355 g/mol. The molecule has 0 aromatic heterocycles. The molecule has 8 heteroatoms. The quantitative estimate of drug-likeness (QED) is 0.583. The molecule has 7 nitrogen and oxygen atoms in total. The Morgan fingerprint density at radius 1 is 1.33 bits per heavy atom. The normalized spacial score (nSPS) is 19.8. The maximum absolute atomic E-state index is 11.6. The first-order valence-electron chi connectivity index (χ1n) is 7.93. The van der Waals surface area contributed by atoms with E-state index in [9.17, 15) is 8.42 Å². The lowest BCUT2D eigenvalue weighted by atomic mass is 10.2. The summed E-state index contributed by atoms with van der Waals surface area (Å²) in [5.41, 5.74) is 0.926. The fourth-order valence-corrected chi connectivity index (χ4v) is 4.24. The lowest BCUT2D eigenvalue weighted by Gasteiger charge is -2.16. The summed E-state index contributed by atoms with van der Waals surface area (Å²) in [5, 5.41) is 6.34. The second kappa shape index (κ2) is 8.23. The largest absolute Gasteiger partial charge is 0.497 e. The maximum Gasteiger partial charge on any atom is 0.191 e. The molecule has 0 saturated carbocycles. The lowest BCUT2D eigenvalue weighted by Crippen LogP contribution is -2.44. The number of ether oxygens (including phenoxy) is 2. The molecule has 1 aliphatic rings. The van der Waals surface area contributed by atoms with Crippen LogP contribution in [0.25, 0.3) is 0 Å². The summed E-state index contributed by atoms with van der Waals surface area (Å²) in [6.07, 6.45) is 0.610. The first-order chi connectivity index (χ1) is 11.5. The van der Waals surface area contributed by atoms with Gasteiger partial charge in [-0.3, -0.25) is 0 Å². The van der Waals surface area contributed by atoms with E-state index in [0.717, 1.165) is 11.3 Å². The number of benzene rings is 1. The van der Waals surface area contributed by atoms with Crippen molar-refractivity contribution in [2.24, 2.45) is 4.99 Å². The third-order valence-electron chi connectivity index (χ3n) is 3.82. The van der Waals surface area contributed by atoms with E-state index in [1.54, 1.807) is 14.2 Å². The fraction of sp³-hybridized carbons (Fsp3) is 0.562. The predicted octanol–water partition coefficient (Wildman–Crippen LogP) is 0.946. The second-order valence-corrected chi connectivity index (χ2v) is 7.85. The zero-order valence-corrected chi connectivity index (χ0v) is 15.1. The van der Waals surface area contributed by atoms with Crippen LogP contribution >= 0.6 is 0 Å². The standard InChI is InChI=1S/C16H25N3O4S/c1-4-17-16(19-13-7-8-24(20,21)11-13)18-10-12-5-6-14(22-2)9-15(12)23-3/h5-6,9,13H,4,7-8,10-11H2,1-3H3,(H2,17,18,19). The highest BCUT2D eigenvalue weighted by atomic mass is 32.2. The number of sulfone groups is 1. The minimum atomic E-state index is -2.92. The summed E-state index contributed by atoms with van der Waals surface area (Å²) in [4.78, 5) is 4.54. The van der Waals surface area contributed by atoms with Crippen LogP contribution in [0.1, 0.15) is 18.9 Å². The van der Waals surface area contributed by atoms with Gasteiger partial charge in [0.2, 0.25) is 0 Å². The van der Waals surface area contributed by atoms with E-state index in [0.29, 0.717) is 31.2 Å². The van der Waals surface area contributed by atoms with E-state index in [1.807, 2.05) is 25.1 Å². The third-order valence-corrected chi connectivity index (χ3v) is 5.59. The van der Waals surface area contributed by atoms with E-state index in [4.69, 9.17) is 9.47 Å². The zero-order chi connectivity index (χ0) is 17.6. The van der Waals surface area contributed by atoms with Gasteiger partial charge in [-0.15, -0.1) is 0 Å². The summed E-state index contributed by atoms with van der Waals surface area (Å²) in [5.74, 6) is 2.43. The summed E-state index contributed by atoms with van der Waals surface area (Å²) < 4.78 is 33.7. The van der Waals surface area contributed by atoms with Gasteiger partial charge in [-0.2, -0.15) is 0 Å². The van der Waals surface area contributed by atoms with Crippen molar-refractivity contribution in [2.75, 3.05) is 32.3 Å². The van der Waals surface area contributed by atoms with Crippen molar-refractivity contribution in [3.8, 4) is 11.5 Å². The number of nitrogens with one attached hydrogen (secondary N) is 2. The Kier molecular flexibility index (Phi) is 6.30. The van der Waals surface area contributed by atoms with E-state index >= 15 is 0 Å². The molecule has 0 bridgehead atoms. The molecular weight excluding hydrogens is 330 g/mol. The third kappa shape index (κ3) is 5.02. The van der Waals surface area contributed by atoms with Crippen LogP contribution in [-0.2, 0) is 16.4 Å². The molecule has 0 aliphatic carbocycles. The van der Waals surface area contributed by atoms with Gasteiger partial charge in [0.15, 0.2) is 15.8 Å². The Bertz CT molecular complexity index is 689. The molecule has 1 atom stereocenters. The molecule has 1 aliphatic heterocycles. The molecule has 1 fully saturated rings. The predicted molar refractivity (Wildman–Crippen MR) is 94.6 cm³/mol. The summed E-state index contributed by atoms with van der Waals surface area (Å²) in [6.45, 7) is 3.09. The van der Waals surface area contributed by atoms with Crippen molar-refractivity contribution < 1.29 is 17.9 Å². The van der Waals surface area contributed by atoms with Crippen LogP contribution in [0, 0.1) is 0 Å². The molecule has 0 radical (unpaired) electrons. The molecule has 0 spiro atoms. The molecule has 134 valence electrons. The van der Waals surface area contributed by atoms with Gasteiger partial charge in [0.05, 0.1) is 32.3 Å². The highest BCUT2D eigenvalue weighted by Crippen LogP contribution is 2.25. The van der Waals surface area contributed by atoms with E-state index in [1.165, 1.54) is 0 Å². The molecule has 24 heavy (non-hydrogen) atoms. The summed E-state index contributed by atoms with van der Waals surface area (Å²) >= 11 is 0. The van der Waals surface area contributed by atoms with E-state index in [2.05, 4.69) is 15.6 Å². The Morgan fingerprint density at radius 3 is 2.71 bits per heavy atom. The average Bonchev–Trinajstić information content (AvgIpc) is 2.91. The minimum Gasteiger partial charge on any atom is -0.497 e. The number of rotatable bonds is 6. The Hall–Kier alpha value is -1.96. The Labute approximate surface area is 143 Å². The summed E-state index contributed by atoms with van der Waals surface area (Å²) in [7, 11) is 0.292. The van der Waals surface area contributed by atoms with Gasteiger partial charge in [0.25, 0.3) is 0 Å². The molecule has 2 rings (SSSR count). The lowest BCUT2D eigenvalue weighted by molar-refractivity contribution is 0.391.